The molecular weight excluding hydrogens is 363 g/mol. The van der Waals surface area contributed by atoms with Crippen molar-refractivity contribution in [2.75, 3.05) is 32.1 Å². The van der Waals surface area contributed by atoms with Gasteiger partial charge in [-0.15, -0.1) is 24.0 Å². The molecule has 1 aliphatic heterocycles. The average molecular weight is 386 g/mol. The molecule has 1 saturated heterocycles. The largest absolute Gasteiger partial charge is 0.299 e. The van der Waals surface area contributed by atoms with Gasteiger partial charge in [0.2, 0.25) is 0 Å². The van der Waals surface area contributed by atoms with Crippen molar-refractivity contribution < 1.29 is 0 Å². The van der Waals surface area contributed by atoms with E-state index in [9.17, 15) is 0 Å². The molecule has 24 heavy (non-hydrogen) atoms. The van der Waals surface area contributed by atoms with E-state index in [0.717, 1.165) is 37.7 Å². The summed E-state index contributed by atoms with van der Waals surface area (Å²) in [6.07, 6.45) is 0. The summed E-state index contributed by atoms with van der Waals surface area (Å²) in [5.41, 5.74) is 2.68. The first-order valence-electron chi connectivity index (χ1n) is 8.08. The van der Waals surface area contributed by atoms with Crippen LogP contribution in [0.1, 0.15) is 17.2 Å². The fraction of sp³-hybridized carbons (Fsp3) is 0.368. The van der Waals surface area contributed by atoms with E-state index in [0.29, 0.717) is 11.9 Å². The highest BCUT2D eigenvalue weighted by atomic mass is 35.5. The Morgan fingerprint density at radius 2 is 1.67 bits per heavy atom. The number of piperazine rings is 1. The molecule has 5 heteroatoms. The number of hydrogen-bond acceptors (Lipinski definition) is 2. The van der Waals surface area contributed by atoms with Crippen LogP contribution >= 0.6 is 35.6 Å². The molecule has 0 amide bonds. The van der Waals surface area contributed by atoms with Crippen molar-refractivity contribution in [2.45, 2.75) is 12.6 Å². The molecule has 1 heterocycles. The van der Waals surface area contributed by atoms with Crippen LogP contribution in [0.25, 0.3) is 0 Å². The Bertz CT molecular complexity index is 604. The zero-order valence-electron chi connectivity index (χ0n) is 13.6. The van der Waals surface area contributed by atoms with Crippen molar-refractivity contribution in [2.24, 2.45) is 0 Å². The van der Waals surface area contributed by atoms with Crippen LogP contribution in [-0.2, 0) is 6.54 Å². The number of halogens is 3. The number of nitrogens with zero attached hydrogens (tertiary/aromatic N) is 2. The Morgan fingerprint density at radius 1 is 0.958 bits per heavy atom. The summed E-state index contributed by atoms with van der Waals surface area (Å²) in [6.45, 7) is 5.07. The number of benzene rings is 2. The lowest BCUT2D eigenvalue weighted by molar-refractivity contribution is 0.0717. The maximum absolute atomic E-state index is 6.00. The van der Waals surface area contributed by atoms with Gasteiger partial charge >= 0.3 is 0 Å². The molecule has 0 aliphatic carbocycles. The van der Waals surface area contributed by atoms with Gasteiger partial charge in [-0.3, -0.25) is 9.80 Å². The third kappa shape index (κ3) is 5.11. The van der Waals surface area contributed by atoms with Gasteiger partial charge in [-0.2, -0.15) is 0 Å². The summed E-state index contributed by atoms with van der Waals surface area (Å²) >= 11 is 11.9. The van der Waals surface area contributed by atoms with Gasteiger partial charge in [0.25, 0.3) is 0 Å². The molecular formula is C19H23Cl3N2. The quantitative estimate of drug-likeness (QED) is 0.678. The fourth-order valence-electron chi connectivity index (χ4n) is 3.20. The molecule has 130 valence electrons. The van der Waals surface area contributed by atoms with Gasteiger partial charge in [-0.05, 0) is 23.3 Å². The van der Waals surface area contributed by atoms with Crippen molar-refractivity contribution in [1.82, 2.24) is 9.80 Å². The Kier molecular flexibility index (Phi) is 7.86. The van der Waals surface area contributed by atoms with Crippen molar-refractivity contribution in [3.8, 4) is 0 Å². The predicted octanol–water partition coefficient (Wildman–Crippen LogP) is 4.86. The molecule has 0 radical (unpaired) electrons. The van der Waals surface area contributed by atoms with Crippen LogP contribution in [0.2, 0.25) is 5.02 Å². The van der Waals surface area contributed by atoms with Gasteiger partial charge in [-0.25, -0.2) is 0 Å². The van der Waals surface area contributed by atoms with E-state index in [1.165, 1.54) is 11.1 Å². The highest BCUT2D eigenvalue weighted by molar-refractivity contribution is 6.30. The minimum atomic E-state index is 0. The summed E-state index contributed by atoms with van der Waals surface area (Å²) in [6, 6.07) is 19.4. The number of alkyl halides is 1. The van der Waals surface area contributed by atoms with E-state index < -0.39 is 0 Å². The van der Waals surface area contributed by atoms with Gasteiger partial charge in [0.05, 0.1) is 0 Å². The lowest BCUT2D eigenvalue weighted by Crippen LogP contribution is -2.48. The first-order valence-corrected chi connectivity index (χ1v) is 8.99. The lowest BCUT2D eigenvalue weighted by atomic mass is 10.0. The second-order valence-corrected chi connectivity index (χ2v) is 6.83. The maximum Gasteiger partial charge on any atom is 0.0479 e. The molecule has 0 aromatic heterocycles. The first-order chi connectivity index (χ1) is 11.3. The van der Waals surface area contributed by atoms with E-state index in [4.69, 9.17) is 23.2 Å². The summed E-state index contributed by atoms with van der Waals surface area (Å²) in [4.78, 5) is 5.02. The van der Waals surface area contributed by atoms with Crippen LogP contribution in [0, 0.1) is 0 Å². The number of rotatable bonds is 5. The zero-order chi connectivity index (χ0) is 16.1. The highest BCUT2D eigenvalue weighted by Crippen LogP contribution is 2.27. The van der Waals surface area contributed by atoms with Gasteiger partial charge in [-0.1, -0.05) is 54.1 Å². The van der Waals surface area contributed by atoms with Crippen LogP contribution in [0.3, 0.4) is 0 Å². The minimum absolute atomic E-state index is 0. The molecule has 2 aromatic rings. The van der Waals surface area contributed by atoms with E-state index in [1.54, 1.807) is 0 Å². The van der Waals surface area contributed by atoms with E-state index >= 15 is 0 Å². The molecule has 2 aromatic carbocycles. The Balaban J connectivity index is 0.00000208. The third-order valence-electron chi connectivity index (χ3n) is 4.46. The molecule has 3 rings (SSSR count). The summed E-state index contributed by atoms with van der Waals surface area (Å²) < 4.78 is 0. The van der Waals surface area contributed by atoms with E-state index in [1.807, 2.05) is 12.1 Å². The highest BCUT2D eigenvalue weighted by Gasteiger charge is 2.27. The maximum atomic E-state index is 6.00. The Hall–Kier alpha value is -0.770. The van der Waals surface area contributed by atoms with Gasteiger partial charge in [0.15, 0.2) is 0 Å². The van der Waals surface area contributed by atoms with E-state index in [2.05, 4.69) is 52.3 Å². The molecule has 1 unspecified atom stereocenters. The van der Waals surface area contributed by atoms with Gasteiger partial charge in [0.1, 0.15) is 0 Å². The fourth-order valence-corrected chi connectivity index (χ4v) is 3.57. The average Bonchev–Trinajstić information content (AvgIpc) is 2.59. The van der Waals surface area contributed by atoms with Gasteiger partial charge in [0, 0.05) is 49.7 Å². The SMILES string of the molecule is Cl.ClCCN1CCN(Cc2ccc(Cl)cc2)C(c2ccccc2)C1. The molecule has 1 aliphatic rings. The third-order valence-corrected chi connectivity index (χ3v) is 4.88. The number of hydrogen-bond donors (Lipinski definition) is 0. The normalized spacial score (nSPS) is 19.0. The smallest absolute Gasteiger partial charge is 0.0479 e. The van der Waals surface area contributed by atoms with Crippen LogP contribution in [0.15, 0.2) is 54.6 Å². The molecule has 0 bridgehead atoms. The second-order valence-electron chi connectivity index (χ2n) is 6.01. The van der Waals surface area contributed by atoms with Crippen molar-refractivity contribution in [3.63, 3.8) is 0 Å². The summed E-state index contributed by atoms with van der Waals surface area (Å²) in [5.74, 6) is 0.693. The predicted molar refractivity (Wildman–Crippen MR) is 105 cm³/mol. The monoisotopic (exact) mass is 384 g/mol. The summed E-state index contributed by atoms with van der Waals surface area (Å²) in [7, 11) is 0. The zero-order valence-corrected chi connectivity index (χ0v) is 15.9. The molecule has 0 saturated carbocycles. The Labute approximate surface area is 160 Å². The standard InChI is InChI=1S/C19H22Cl2N2.ClH/c20-10-11-22-12-13-23(14-16-6-8-18(21)9-7-16)19(15-22)17-4-2-1-3-5-17;/h1-9,19H,10-15H2;1H. The molecule has 1 fully saturated rings. The second kappa shape index (κ2) is 9.65. The topological polar surface area (TPSA) is 6.48 Å². The van der Waals surface area contributed by atoms with Crippen molar-refractivity contribution >= 4 is 35.6 Å². The summed E-state index contributed by atoms with van der Waals surface area (Å²) in [5, 5.41) is 0.792. The molecule has 1 atom stereocenters. The molecule has 0 N–H and O–H groups in total. The van der Waals surface area contributed by atoms with Crippen LogP contribution in [0.5, 0.6) is 0 Å². The van der Waals surface area contributed by atoms with Crippen molar-refractivity contribution in [3.05, 3.63) is 70.7 Å². The van der Waals surface area contributed by atoms with Crippen LogP contribution in [-0.4, -0.2) is 41.9 Å². The lowest BCUT2D eigenvalue weighted by Gasteiger charge is -2.41. The first kappa shape index (κ1) is 19.6. The minimum Gasteiger partial charge on any atom is -0.299 e. The molecule has 0 spiro atoms. The van der Waals surface area contributed by atoms with Crippen molar-refractivity contribution in [1.29, 1.82) is 0 Å². The van der Waals surface area contributed by atoms with E-state index in [-0.39, 0.29) is 12.4 Å². The van der Waals surface area contributed by atoms with Gasteiger partial charge < -0.3 is 0 Å². The molecule has 2 nitrogen and oxygen atoms in total. The van der Waals surface area contributed by atoms with Crippen LogP contribution in [0.4, 0.5) is 0 Å². The Morgan fingerprint density at radius 3 is 2.33 bits per heavy atom. The van der Waals surface area contributed by atoms with Crippen LogP contribution < -0.4 is 0 Å².